The first-order chi connectivity index (χ1) is 16.2. The van der Waals surface area contributed by atoms with Gasteiger partial charge >= 0.3 is 12.3 Å². The number of amides is 1. The highest BCUT2D eigenvalue weighted by atomic mass is 19.4. The summed E-state index contributed by atoms with van der Waals surface area (Å²) in [6.07, 6.45) is -2.57. The third-order valence-corrected chi connectivity index (χ3v) is 5.90. The van der Waals surface area contributed by atoms with Crippen LogP contribution < -0.4 is 5.56 Å². The average Bonchev–Trinajstić information content (AvgIpc) is 2.99. The first kappa shape index (κ1) is 21.7. The summed E-state index contributed by atoms with van der Waals surface area (Å²) in [5.41, 5.74) is 2.32. The molecule has 3 aromatic heterocycles. The highest BCUT2D eigenvalue weighted by Gasteiger charge is 2.33. The molecule has 1 aromatic carbocycles. The van der Waals surface area contributed by atoms with Crippen molar-refractivity contribution in [2.45, 2.75) is 25.6 Å². The van der Waals surface area contributed by atoms with Gasteiger partial charge in [-0.2, -0.15) is 13.2 Å². The summed E-state index contributed by atoms with van der Waals surface area (Å²) in [5.74, 6) is 0. The van der Waals surface area contributed by atoms with Gasteiger partial charge in [0.1, 0.15) is 0 Å². The van der Waals surface area contributed by atoms with Gasteiger partial charge in [-0.15, -0.1) is 10.2 Å². The second-order valence-corrected chi connectivity index (χ2v) is 8.04. The van der Waals surface area contributed by atoms with Crippen molar-refractivity contribution < 1.29 is 23.1 Å². The Labute approximate surface area is 190 Å². The van der Waals surface area contributed by atoms with E-state index in [1.54, 1.807) is 12.1 Å². The fourth-order valence-corrected chi connectivity index (χ4v) is 4.21. The summed E-state index contributed by atoms with van der Waals surface area (Å²) in [6, 6.07) is 10.3. The van der Waals surface area contributed by atoms with Crippen molar-refractivity contribution >= 4 is 17.0 Å². The predicted molar refractivity (Wildman–Crippen MR) is 117 cm³/mol. The standard InChI is InChI=1S/C23H18F3N5O3/c24-23(25,26)20-6-5-17(28-29-20)13-7-9-31(21(32)10-13)14-3-4-15-16-12-30(22(33)34)8-1-2-18(16)27-19(15)11-14/h3-7,9-11,27H,1-2,8,12H2,(H,33,34). The van der Waals surface area contributed by atoms with Gasteiger partial charge in [-0.1, -0.05) is 6.07 Å². The van der Waals surface area contributed by atoms with Gasteiger partial charge in [0.15, 0.2) is 5.69 Å². The number of hydrogen-bond donors (Lipinski definition) is 2. The molecule has 174 valence electrons. The molecular weight excluding hydrogens is 451 g/mol. The second kappa shape index (κ2) is 8.01. The van der Waals surface area contributed by atoms with E-state index < -0.39 is 18.0 Å². The van der Waals surface area contributed by atoms with Crippen LogP contribution in [0.15, 0.2) is 53.5 Å². The van der Waals surface area contributed by atoms with Crippen LogP contribution in [0.3, 0.4) is 0 Å². The SMILES string of the molecule is O=C(O)N1CCCc2[nH]c3cc(-n4ccc(-c5ccc(C(F)(F)F)nn5)cc4=O)ccc3c2C1. The maximum Gasteiger partial charge on any atom is 0.435 e. The molecule has 0 fully saturated rings. The van der Waals surface area contributed by atoms with E-state index in [0.29, 0.717) is 30.8 Å². The van der Waals surface area contributed by atoms with Gasteiger partial charge in [0, 0.05) is 46.5 Å². The minimum atomic E-state index is -4.59. The van der Waals surface area contributed by atoms with Crippen molar-refractivity contribution in [2.24, 2.45) is 0 Å². The Morgan fingerprint density at radius 3 is 2.59 bits per heavy atom. The fourth-order valence-electron chi connectivity index (χ4n) is 4.21. The van der Waals surface area contributed by atoms with Crippen LogP contribution in [0.1, 0.15) is 23.4 Å². The zero-order valence-corrected chi connectivity index (χ0v) is 17.6. The van der Waals surface area contributed by atoms with Crippen molar-refractivity contribution in [3.63, 3.8) is 0 Å². The molecule has 1 aliphatic heterocycles. The lowest BCUT2D eigenvalue weighted by atomic mass is 10.1. The molecule has 0 atom stereocenters. The van der Waals surface area contributed by atoms with E-state index >= 15 is 0 Å². The lowest BCUT2D eigenvalue weighted by molar-refractivity contribution is -0.141. The molecule has 0 aliphatic carbocycles. The number of aromatic amines is 1. The molecule has 34 heavy (non-hydrogen) atoms. The van der Waals surface area contributed by atoms with Crippen LogP contribution in [0, 0.1) is 0 Å². The molecule has 5 rings (SSSR count). The molecule has 0 saturated carbocycles. The van der Waals surface area contributed by atoms with Crippen LogP contribution in [0.2, 0.25) is 0 Å². The number of pyridine rings is 1. The van der Waals surface area contributed by atoms with Crippen LogP contribution in [0.4, 0.5) is 18.0 Å². The largest absolute Gasteiger partial charge is 0.465 e. The molecule has 0 saturated heterocycles. The Morgan fingerprint density at radius 1 is 1.09 bits per heavy atom. The number of H-pyrrole nitrogens is 1. The topological polar surface area (TPSA) is 104 Å². The van der Waals surface area contributed by atoms with Crippen molar-refractivity contribution in [3.05, 3.63) is 76.0 Å². The minimum Gasteiger partial charge on any atom is -0.465 e. The molecule has 4 heterocycles. The number of halogens is 3. The number of fused-ring (bicyclic) bond motifs is 3. The van der Waals surface area contributed by atoms with Gasteiger partial charge in [-0.25, -0.2) is 4.79 Å². The van der Waals surface area contributed by atoms with Gasteiger partial charge < -0.3 is 15.0 Å². The fraction of sp³-hybridized carbons (Fsp3) is 0.217. The number of nitrogens with zero attached hydrogens (tertiary/aromatic N) is 4. The molecular formula is C23H18F3N5O3. The molecule has 0 unspecified atom stereocenters. The van der Waals surface area contributed by atoms with Crippen LogP contribution in [-0.2, 0) is 19.1 Å². The number of nitrogens with one attached hydrogen (secondary N) is 1. The van der Waals surface area contributed by atoms with Crippen molar-refractivity contribution in [1.29, 1.82) is 0 Å². The third kappa shape index (κ3) is 3.89. The van der Waals surface area contributed by atoms with E-state index in [0.717, 1.165) is 34.6 Å². The highest BCUT2D eigenvalue weighted by molar-refractivity contribution is 5.87. The van der Waals surface area contributed by atoms with Gasteiger partial charge in [-0.05, 0) is 43.2 Å². The summed E-state index contributed by atoms with van der Waals surface area (Å²) in [6.45, 7) is 0.773. The summed E-state index contributed by atoms with van der Waals surface area (Å²) in [5, 5.41) is 17.1. The third-order valence-electron chi connectivity index (χ3n) is 5.90. The maximum absolute atomic E-state index is 12.8. The van der Waals surface area contributed by atoms with Crippen LogP contribution >= 0.6 is 0 Å². The van der Waals surface area contributed by atoms with Crippen LogP contribution in [0.5, 0.6) is 0 Å². The average molecular weight is 469 g/mol. The monoisotopic (exact) mass is 469 g/mol. The molecule has 2 N–H and O–H groups in total. The molecule has 4 aromatic rings. The molecule has 1 amide bonds. The Bertz CT molecular complexity index is 1460. The number of carboxylic acid groups (broad SMARTS) is 1. The normalized spacial score (nSPS) is 14.1. The van der Waals surface area contributed by atoms with Crippen LogP contribution in [-0.4, -0.2) is 42.4 Å². The number of aryl methyl sites for hydroxylation is 1. The minimum absolute atomic E-state index is 0.156. The number of aromatic nitrogens is 4. The molecule has 0 bridgehead atoms. The molecule has 0 spiro atoms. The lowest BCUT2D eigenvalue weighted by Gasteiger charge is -2.16. The van der Waals surface area contributed by atoms with Crippen molar-refractivity contribution in [2.75, 3.05) is 6.54 Å². The van der Waals surface area contributed by atoms with E-state index in [2.05, 4.69) is 15.2 Å². The zero-order chi connectivity index (χ0) is 24.0. The first-order valence-corrected chi connectivity index (χ1v) is 10.5. The van der Waals surface area contributed by atoms with Crippen molar-refractivity contribution in [1.82, 2.24) is 24.6 Å². The quantitative estimate of drug-likeness (QED) is 0.458. The van der Waals surface area contributed by atoms with Gasteiger partial charge in [0.25, 0.3) is 5.56 Å². The highest BCUT2D eigenvalue weighted by Crippen LogP contribution is 2.30. The summed E-state index contributed by atoms with van der Waals surface area (Å²) >= 11 is 0. The van der Waals surface area contributed by atoms with Crippen molar-refractivity contribution in [3.8, 4) is 16.9 Å². The van der Waals surface area contributed by atoms with Gasteiger partial charge in [0.2, 0.25) is 0 Å². The number of hydrogen-bond acceptors (Lipinski definition) is 4. The summed E-state index contributed by atoms with van der Waals surface area (Å²) < 4.78 is 39.5. The van der Waals surface area contributed by atoms with E-state index in [9.17, 15) is 27.9 Å². The summed E-state index contributed by atoms with van der Waals surface area (Å²) in [4.78, 5) is 29.0. The molecule has 1 aliphatic rings. The molecule has 0 radical (unpaired) electrons. The maximum atomic E-state index is 12.8. The lowest BCUT2D eigenvalue weighted by Crippen LogP contribution is -2.28. The number of rotatable bonds is 2. The van der Waals surface area contributed by atoms with E-state index in [1.165, 1.54) is 27.8 Å². The number of benzene rings is 1. The van der Waals surface area contributed by atoms with Crippen LogP contribution in [0.25, 0.3) is 27.8 Å². The van der Waals surface area contributed by atoms with E-state index in [4.69, 9.17) is 0 Å². The second-order valence-electron chi connectivity index (χ2n) is 8.04. The number of alkyl halides is 3. The zero-order valence-electron chi connectivity index (χ0n) is 17.6. The van der Waals surface area contributed by atoms with Gasteiger partial charge in [-0.3, -0.25) is 9.36 Å². The Morgan fingerprint density at radius 2 is 1.91 bits per heavy atom. The van der Waals surface area contributed by atoms with E-state index in [-0.39, 0.29) is 11.3 Å². The predicted octanol–water partition coefficient (Wildman–Crippen LogP) is 4.22. The Hall–Kier alpha value is -4.15. The Balaban J connectivity index is 1.47. The van der Waals surface area contributed by atoms with Gasteiger partial charge in [0.05, 0.1) is 17.9 Å². The molecule has 11 heteroatoms. The first-order valence-electron chi connectivity index (χ1n) is 10.5. The summed E-state index contributed by atoms with van der Waals surface area (Å²) in [7, 11) is 0. The smallest absolute Gasteiger partial charge is 0.435 e. The van der Waals surface area contributed by atoms with E-state index in [1.807, 2.05) is 12.1 Å². The Kier molecular flexibility index (Phi) is 5.11. The number of carbonyl (C=O) groups is 1. The molecule has 8 nitrogen and oxygen atoms in total.